The molecule has 9 atom stereocenters. The van der Waals surface area contributed by atoms with Crippen molar-refractivity contribution >= 4 is 65.0 Å². The molecule has 1 aliphatic rings. The van der Waals surface area contributed by atoms with Gasteiger partial charge in [-0.1, -0.05) is 90.4 Å². The van der Waals surface area contributed by atoms with Crippen LogP contribution in [-0.4, -0.2) is 222 Å². The lowest BCUT2D eigenvalue weighted by Gasteiger charge is -2.38. The summed E-state index contributed by atoms with van der Waals surface area (Å²) >= 11 is 0. The second-order valence-corrected chi connectivity index (χ2v) is 25.4. The van der Waals surface area contributed by atoms with Crippen LogP contribution in [0, 0.1) is 17.8 Å². The van der Waals surface area contributed by atoms with Gasteiger partial charge in [0.1, 0.15) is 41.8 Å². The maximum absolute atomic E-state index is 14.9. The van der Waals surface area contributed by atoms with Gasteiger partial charge in [0.15, 0.2) is 0 Å². The van der Waals surface area contributed by atoms with E-state index in [0.29, 0.717) is 12.0 Å². The minimum atomic E-state index is -4.63. The Labute approximate surface area is 528 Å². The molecule has 0 aliphatic carbocycles. The molecular weight excluding hydrogens is 1170 g/mol. The van der Waals surface area contributed by atoms with Gasteiger partial charge in [-0.05, 0) is 101 Å². The summed E-state index contributed by atoms with van der Waals surface area (Å²) in [6.45, 7) is 16.4. The highest BCUT2D eigenvalue weighted by Crippen LogP contribution is 2.30. The number of alkyl halides is 3. The highest BCUT2D eigenvalue weighted by atomic mass is 19.4. The molecule has 26 heteroatoms. The third-order valence-corrected chi connectivity index (χ3v) is 16.4. The maximum atomic E-state index is 14.9. The first-order valence-corrected chi connectivity index (χ1v) is 30.6. The fourth-order valence-corrected chi connectivity index (χ4v) is 10.3. The summed E-state index contributed by atoms with van der Waals surface area (Å²) in [6, 6.07) is 4.76. The standard InChI is InChI=1S/C64H98F3N11O12/c1-19-40(6)54-60(87)74(14)35-52(81)72(12)36-53(82)78(18)55(43(9)90-37-45-23-21-20-22-24-45)61(88)73(13)34-50(79)69-47(30-27-44-25-28-46(29-26-44)64(65,66)67)59(86)76(16)49(32-39(4)5)58(85)71-63(10,11)62(89)77(17)48(31-38(2)3)57(84)68-41(7)33-51(80)75(15)42(8)56(83)70-54/h20-26,28-29,38-43,47-49,54-55H,19,27,30-37H2,1-18H3,(H,68,84)(H,69,79)(H,70,83)(H,71,85)/t40-,41+,42-,43+,47-,48-,49-,54-,55-/m0/s1. The van der Waals surface area contributed by atoms with Crippen LogP contribution in [0.5, 0.6) is 0 Å². The monoisotopic (exact) mass is 1270 g/mol. The first-order chi connectivity index (χ1) is 41.7. The van der Waals surface area contributed by atoms with Crippen molar-refractivity contribution < 1.29 is 70.6 Å². The van der Waals surface area contributed by atoms with E-state index in [1.807, 2.05) is 13.8 Å². The highest BCUT2D eigenvalue weighted by Gasteiger charge is 2.43. The van der Waals surface area contributed by atoms with Crippen LogP contribution in [0.15, 0.2) is 54.6 Å². The molecule has 0 aromatic heterocycles. The Bertz CT molecular complexity index is 2820. The average molecular weight is 1270 g/mol. The summed E-state index contributed by atoms with van der Waals surface area (Å²) in [5.41, 5.74) is -1.53. The minimum absolute atomic E-state index is 0.00368. The van der Waals surface area contributed by atoms with E-state index in [2.05, 4.69) is 21.3 Å². The van der Waals surface area contributed by atoms with E-state index >= 15 is 0 Å². The zero-order valence-electron chi connectivity index (χ0n) is 55.8. The molecule has 2 aromatic rings. The number of hydrogen-bond donors (Lipinski definition) is 4. The second-order valence-electron chi connectivity index (χ2n) is 25.4. The predicted molar refractivity (Wildman–Crippen MR) is 332 cm³/mol. The second kappa shape index (κ2) is 34.0. The molecule has 1 fully saturated rings. The van der Waals surface area contributed by atoms with Gasteiger partial charge in [0.05, 0.1) is 37.9 Å². The summed E-state index contributed by atoms with van der Waals surface area (Å²) in [5, 5.41) is 11.0. The number of nitrogens with zero attached hydrogens (tertiary/aromatic N) is 7. The van der Waals surface area contributed by atoms with E-state index in [1.165, 1.54) is 92.0 Å². The van der Waals surface area contributed by atoms with E-state index in [1.54, 1.807) is 71.9 Å². The van der Waals surface area contributed by atoms with Crippen LogP contribution in [0.3, 0.4) is 0 Å². The molecule has 0 unspecified atom stereocenters. The normalized spacial score (nSPS) is 24.1. The first kappa shape index (κ1) is 76.6. The van der Waals surface area contributed by atoms with Gasteiger partial charge in [0, 0.05) is 61.8 Å². The lowest BCUT2D eigenvalue weighted by atomic mass is 9.95. The van der Waals surface area contributed by atoms with Crippen molar-refractivity contribution in [3.63, 3.8) is 0 Å². The molecule has 1 heterocycles. The zero-order chi connectivity index (χ0) is 68.4. The van der Waals surface area contributed by atoms with E-state index in [9.17, 15) is 65.9 Å². The Balaban J connectivity index is 2.20. The first-order valence-electron chi connectivity index (χ1n) is 30.6. The maximum Gasteiger partial charge on any atom is 0.416 e. The van der Waals surface area contributed by atoms with Gasteiger partial charge in [0.25, 0.3) is 0 Å². The molecule has 23 nitrogen and oxygen atoms in total. The number of rotatable bonds is 13. The SMILES string of the molecule is CC[C@H](C)[C@@H]1NC(=O)[C@H](C)N(C)C(=O)C[C@@H](C)NC(=O)[C@H](CC(C)C)N(C)C(=O)C(C)(C)NC(=O)[C@H](CC(C)C)N(C)C(=O)[C@H](CCc2ccc(C(F)(F)F)cc2)NC(=O)CN(C)C(=O)[C@H]([C@@H](C)OCc2ccccc2)N(C)C(=O)CN(C)C(=O)CN(C)C1=O. The fourth-order valence-electron chi connectivity index (χ4n) is 10.3. The average Bonchev–Trinajstić information content (AvgIpc) is 1.02. The van der Waals surface area contributed by atoms with Gasteiger partial charge in [-0.2, -0.15) is 13.2 Å². The summed E-state index contributed by atoms with van der Waals surface area (Å²) in [4.78, 5) is 165. The lowest BCUT2D eigenvalue weighted by Crippen LogP contribution is -2.63. The number of nitrogens with one attached hydrogen (secondary N) is 4. The Kier molecular flexibility index (Phi) is 28.9. The van der Waals surface area contributed by atoms with Crippen LogP contribution in [0.4, 0.5) is 13.2 Å². The molecule has 0 spiro atoms. The molecule has 1 saturated heterocycles. The quantitative estimate of drug-likeness (QED) is 0.223. The van der Waals surface area contributed by atoms with Gasteiger partial charge >= 0.3 is 6.18 Å². The van der Waals surface area contributed by atoms with Crippen molar-refractivity contribution in [2.75, 3.05) is 69.0 Å². The van der Waals surface area contributed by atoms with Gasteiger partial charge in [0.2, 0.25) is 65.0 Å². The smallest absolute Gasteiger partial charge is 0.371 e. The molecular formula is C64H98F3N11O12. The lowest BCUT2D eigenvalue weighted by molar-refractivity contribution is -0.153. The van der Waals surface area contributed by atoms with Crippen LogP contribution < -0.4 is 21.3 Å². The number of benzene rings is 2. The van der Waals surface area contributed by atoms with E-state index < -0.39 is 156 Å². The van der Waals surface area contributed by atoms with Crippen LogP contribution in [0.2, 0.25) is 0 Å². The molecule has 3 rings (SSSR count). The fraction of sp³-hybridized carbons (Fsp3) is 0.641. The van der Waals surface area contributed by atoms with Crippen molar-refractivity contribution in [1.29, 1.82) is 0 Å². The Morgan fingerprint density at radius 3 is 1.68 bits per heavy atom. The molecule has 2 aromatic carbocycles. The van der Waals surface area contributed by atoms with Gasteiger partial charge in [-0.3, -0.25) is 52.7 Å². The van der Waals surface area contributed by atoms with Gasteiger partial charge < -0.3 is 60.3 Å². The number of hydrogen-bond acceptors (Lipinski definition) is 12. The number of aryl methyl sites for hydroxylation is 1. The summed E-state index contributed by atoms with van der Waals surface area (Å²) < 4.78 is 47.0. The third-order valence-electron chi connectivity index (χ3n) is 16.4. The number of carbonyl (C=O) groups is 11. The van der Waals surface area contributed by atoms with Gasteiger partial charge in [-0.25, -0.2) is 0 Å². The number of amides is 11. The Morgan fingerprint density at radius 1 is 0.589 bits per heavy atom. The summed E-state index contributed by atoms with van der Waals surface area (Å²) in [7, 11) is 9.43. The molecule has 0 radical (unpaired) electrons. The molecule has 0 saturated carbocycles. The van der Waals surface area contributed by atoms with E-state index in [0.717, 1.165) is 42.2 Å². The number of halogens is 3. The van der Waals surface area contributed by atoms with Crippen molar-refractivity contribution in [3.05, 3.63) is 71.3 Å². The third kappa shape index (κ3) is 22.1. The Hall–Kier alpha value is -7.64. The van der Waals surface area contributed by atoms with Crippen molar-refractivity contribution in [2.45, 2.75) is 181 Å². The highest BCUT2D eigenvalue weighted by molar-refractivity contribution is 5.98. The molecule has 11 amide bonds. The van der Waals surface area contributed by atoms with E-state index in [4.69, 9.17) is 4.74 Å². The van der Waals surface area contributed by atoms with Crippen LogP contribution >= 0.6 is 0 Å². The summed E-state index contributed by atoms with van der Waals surface area (Å²) in [6.07, 6.45) is -5.62. The van der Waals surface area contributed by atoms with Crippen LogP contribution in [-0.2, 0) is 76.7 Å². The van der Waals surface area contributed by atoms with Crippen molar-refractivity contribution in [1.82, 2.24) is 55.6 Å². The number of likely N-dealkylation sites (N-methyl/N-ethyl adjacent to an activating group) is 7. The topological polar surface area (TPSA) is 268 Å². The largest absolute Gasteiger partial charge is 0.416 e. The zero-order valence-corrected chi connectivity index (χ0v) is 55.8. The van der Waals surface area contributed by atoms with Crippen molar-refractivity contribution in [2.24, 2.45) is 17.8 Å². The molecule has 502 valence electrons. The Morgan fingerprint density at radius 2 is 1.13 bits per heavy atom. The number of carbonyl (C=O) groups excluding carboxylic acids is 11. The molecule has 4 N–H and O–H groups in total. The van der Waals surface area contributed by atoms with Crippen LogP contribution in [0.1, 0.15) is 125 Å². The molecule has 90 heavy (non-hydrogen) atoms. The predicted octanol–water partition coefficient (Wildman–Crippen LogP) is 3.86. The summed E-state index contributed by atoms with van der Waals surface area (Å²) in [5.74, 6) is -8.70. The number of ether oxygens (including phenoxy) is 1. The van der Waals surface area contributed by atoms with Crippen LogP contribution in [0.25, 0.3) is 0 Å². The molecule has 1 aliphatic heterocycles. The minimum Gasteiger partial charge on any atom is -0.371 e. The van der Waals surface area contributed by atoms with Crippen molar-refractivity contribution in [3.8, 4) is 0 Å². The molecule has 0 bridgehead atoms. The van der Waals surface area contributed by atoms with Gasteiger partial charge in [-0.15, -0.1) is 0 Å². The van der Waals surface area contributed by atoms with E-state index in [-0.39, 0.29) is 50.5 Å².